The van der Waals surface area contributed by atoms with E-state index in [0.717, 1.165) is 34.1 Å². The number of para-hydroxylation sites is 1. The van der Waals surface area contributed by atoms with E-state index in [9.17, 15) is 14.4 Å². The van der Waals surface area contributed by atoms with Crippen molar-refractivity contribution in [1.82, 2.24) is 10.3 Å². The number of ether oxygens (including phenoxy) is 1. The van der Waals surface area contributed by atoms with Crippen LogP contribution in [0.2, 0.25) is 0 Å². The molecule has 3 amide bonds. The summed E-state index contributed by atoms with van der Waals surface area (Å²) < 4.78 is 5.82. The fourth-order valence-corrected chi connectivity index (χ4v) is 5.55. The molecule has 0 fully saturated rings. The van der Waals surface area contributed by atoms with Crippen LogP contribution in [0.5, 0.6) is 5.75 Å². The first-order valence-electron chi connectivity index (χ1n) is 10.8. The Labute approximate surface area is 202 Å². The molecule has 2 aliphatic rings. The molecule has 2 aromatic rings. The summed E-state index contributed by atoms with van der Waals surface area (Å²) in [5.41, 5.74) is 4.17. The maximum Gasteiger partial charge on any atom is 0.271 e. The highest BCUT2D eigenvalue weighted by Crippen LogP contribution is 2.56. The number of hydrogen-bond donors (Lipinski definition) is 1. The van der Waals surface area contributed by atoms with Gasteiger partial charge < -0.3 is 15.0 Å². The maximum absolute atomic E-state index is 14.2. The molecule has 1 spiro atoms. The number of thioether (sulfide) groups is 1. The number of carbonyl (C=O) groups excluding carboxylic acids is 3. The van der Waals surface area contributed by atoms with E-state index in [1.54, 1.807) is 11.0 Å². The Morgan fingerprint density at radius 2 is 1.94 bits per heavy atom. The Bertz CT molecular complexity index is 1240. The second-order valence-corrected chi connectivity index (χ2v) is 9.35. The van der Waals surface area contributed by atoms with Crippen molar-refractivity contribution >= 4 is 40.3 Å². The molecule has 0 saturated heterocycles. The lowest BCUT2D eigenvalue weighted by molar-refractivity contribution is -0.139. The molecule has 176 valence electrons. The largest absolute Gasteiger partial charge is 0.489 e. The molecule has 0 radical (unpaired) electrons. The van der Waals surface area contributed by atoms with Gasteiger partial charge in [0, 0.05) is 25.0 Å². The molecule has 0 unspecified atom stereocenters. The number of hydrazone groups is 1. The van der Waals surface area contributed by atoms with E-state index < -0.39 is 10.8 Å². The summed E-state index contributed by atoms with van der Waals surface area (Å²) >= 11 is 1.07. The van der Waals surface area contributed by atoms with Gasteiger partial charge in [-0.15, -0.1) is 5.10 Å². The van der Waals surface area contributed by atoms with Crippen molar-refractivity contribution in [2.75, 3.05) is 11.5 Å². The summed E-state index contributed by atoms with van der Waals surface area (Å²) in [5.74, 6) is -0.385. The monoisotopic (exact) mass is 478 g/mol. The van der Waals surface area contributed by atoms with Crippen molar-refractivity contribution in [2.24, 2.45) is 5.10 Å². The number of amides is 3. The molecule has 2 aromatic carbocycles. The van der Waals surface area contributed by atoms with Gasteiger partial charge in [0.1, 0.15) is 12.4 Å². The average molecular weight is 479 g/mol. The SMILES string of the molecule is C=CCOc1ccccc1CN1C(=O)[C@]2(SC(NC(C)=O)=NN2C(C)=O)c2ccc(C)c(C)c21. The number of benzene rings is 2. The standard InChI is InChI=1S/C25H26N4O4S/c1-6-13-33-21-10-8-7-9-19(21)14-28-22-16(3)15(2)11-12-20(22)25(23(28)32)29(18(5)31)27-24(34-25)26-17(4)30/h6-12H,1,13-14H2,2-5H3,(H,26,27,30)/t25-/m1/s1. The molecule has 1 atom stereocenters. The first kappa shape index (κ1) is 23.6. The van der Waals surface area contributed by atoms with Crippen molar-refractivity contribution in [3.63, 3.8) is 0 Å². The van der Waals surface area contributed by atoms with E-state index in [1.165, 1.54) is 18.9 Å². The van der Waals surface area contributed by atoms with Gasteiger partial charge in [0.05, 0.1) is 12.2 Å². The predicted octanol–water partition coefficient (Wildman–Crippen LogP) is 3.57. The zero-order valence-corrected chi connectivity index (χ0v) is 20.4. The van der Waals surface area contributed by atoms with Gasteiger partial charge in [-0.1, -0.05) is 43.0 Å². The summed E-state index contributed by atoms with van der Waals surface area (Å²) in [6, 6.07) is 11.3. The van der Waals surface area contributed by atoms with Crippen molar-refractivity contribution < 1.29 is 19.1 Å². The van der Waals surface area contributed by atoms with E-state index in [4.69, 9.17) is 4.74 Å². The average Bonchev–Trinajstić information content (AvgIpc) is 3.27. The van der Waals surface area contributed by atoms with Gasteiger partial charge in [-0.25, -0.2) is 0 Å². The summed E-state index contributed by atoms with van der Waals surface area (Å²) in [6.45, 7) is 10.9. The number of carbonyl (C=O) groups is 3. The fourth-order valence-electron chi connectivity index (χ4n) is 4.23. The molecule has 0 aromatic heterocycles. The lowest BCUT2D eigenvalue weighted by Gasteiger charge is -2.29. The first-order chi connectivity index (χ1) is 16.2. The third kappa shape index (κ3) is 3.75. The molecule has 2 heterocycles. The number of aryl methyl sites for hydroxylation is 1. The summed E-state index contributed by atoms with van der Waals surface area (Å²) in [6.07, 6.45) is 1.66. The molecule has 0 saturated carbocycles. The molecular formula is C25H26N4O4S. The topological polar surface area (TPSA) is 91.3 Å². The molecule has 4 rings (SSSR count). The first-order valence-corrected chi connectivity index (χ1v) is 11.6. The van der Waals surface area contributed by atoms with Crippen LogP contribution in [-0.2, 0) is 25.8 Å². The van der Waals surface area contributed by atoms with Crippen molar-refractivity contribution in [2.45, 2.75) is 39.1 Å². The number of anilines is 1. The van der Waals surface area contributed by atoms with Crippen LogP contribution in [0.25, 0.3) is 0 Å². The lowest BCUT2D eigenvalue weighted by atomic mass is 10.00. The second-order valence-electron chi connectivity index (χ2n) is 8.17. The minimum absolute atomic E-state index is 0.205. The van der Waals surface area contributed by atoms with Gasteiger partial charge in [0.25, 0.3) is 5.91 Å². The van der Waals surface area contributed by atoms with E-state index >= 15 is 0 Å². The Hall–Kier alpha value is -3.59. The Balaban J connectivity index is 1.85. The molecule has 2 aliphatic heterocycles. The Morgan fingerprint density at radius 1 is 1.21 bits per heavy atom. The van der Waals surface area contributed by atoms with Gasteiger partial charge in [-0.2, -0.15) is 5.01 Å². The number of nitrogens with one attached hydrogen (secondary N) is 1. The van der Waals surface area contributed by atoms with Crippen molar-refractivity contribution in [3.8, 4) is 5.75 Å². The molecule has 0 bridgehead atoms. The predicted molar refractivity (Wildman–Crippen MR) is 132 cm³/mol. The molecule has 0 aliphatic carbocycles. The highest BCUT2D eigenvalue weighted by molar-refractivity contribution is 8.15. The van der Waals surface area contributed by atoms with Crippen LogP contribution >= 0.6 is 11.8 Å². The second kappa shape index (κ2) is 8.98. The van der Waals surface area contributed by atoms with Crippen LogP contribution in [-0.4, -0.2) is 34.5 Å². The Kier molecular flexibility index (Phi) is 6.22. The third-order valence-corrected chi connectivity index (χ3v) is 7.08. The number of fused-ring (bicyclic) bond motifs is 2. The molecule has 1 N–H and O–H groups in total. The third-order valence-electron chi connectivity index (χ3n) is 5.84. The van der Waals surface area contributed by atoms with Crippen LogP contribution in [0.15, 0.2) is 54.2 Å². The van der Waals surface area contributed by atoms with E-state index in [-0.39, 0.29) is 23.5 Å². The van der Waals surface area contributed by atoms with Gasteiger partial charge in [-0.05, 0) is 42.8 Å². The number of amidine groups is 1. The number of nitrogens with zero attached hydrogens (tertiary/aromatic N) is 3. The highest BCUT2D eigenvalue weighted by atomic mass is 32.2. The molecule has 34 heavy (non-hydrogen) atoms. The number of rotatable bonds is 5. The zero-order valence-electron chi connectivity index (χ0n) is 19.5. The zero-order chi connectivity index (χ0) is 24.6. The van der Waals surface area contributed by atoms with Gasteiger partial charge in [0.15, 0.2) is 5.17 Å². The van der Waals surface area contributed by atoms with Crippen LogP contribution < -0.4 is 15.0 Å². The summed E-state index contributed by atoms with van der Waals surface area (Å²) in [5, 5.41) is 8.33. The van der Waals surface area contributed by atoms with Crippen molar-refractivity contribution in [1.29, 1.82) is 0 Å². The minimum atomic E-state index is -1.44. The molecule has 8 nitrogen and oxygen atoms in total. The lowest BCUT2D eigenvalue weighted by Crippen LogP contribution is -2.48. The van der Waals surface area contributed by atoms with Crippen molar-refractivity contribution in [3.05, 3.63) is 71.3 Å². The Morgan fingerprint density at radius 3 is 2.62 bits per heavy atom. The highest BCUT2D eigenvalue weighted by Gasteiger charge is 2.61. The van der Waals surface area contributed by atoms with Gasteiger partial charge >= 0.3 is 0 Å². The normalized spacial score (nSPS) is 18.7. The quantitative estimate of drug-likeness (QED) is 0.664. The van der Waals surface area contributed by atoms with E-state index in [2.05, 4.69) is 17.0 Å². The van der Waals surface area contributed by atoms with E-state index in [1.807, 2.05) is 50.2 Å². The van der Waals surface area contributed by atoms with Gasteiger partial charge in [-0.3, -0.25) is 14.4 Å². The minimum Gasteiger partial charge on any atom is -0.489 e. The molecule has 9 heteroatoms. The smallest absolute Gasteiger partial charge is 0.271 e. The fraction of sp³-hybridized carbons (Fsp3) is 0.280. The molecular weight excluding hydrogens is 452 g/mol. The van der Waals surface area contributed by atoms with Gasteiger partial charge in [0.2, 0.25) is 16.7 Å². The van der Waals surface area contributed by atoms with Crippen LogP contribution in [0.3, 0.4) is 0 Å². The van der Waals surface area contributed by atoms with E-state index in [0.29, 0.717) is 17.9 Å². The van der Waals surface area contributed by atoms with Crippen LogP contribution in [0, 0.1) is 13.8 Å². The summed E-state index contributed by atoms with van der Waals surface area (Å²) in [4.78, 5) is 38.8. The van der Waals surface area contributed by atoms with Crippen LogP contribution in [0.4, 0.5) is 5.69 Å². The van der Waals surface area contributed by atoms with Crippen LogP contribution in [0.1, 0.15) is 36.1 Å². The number of hydrogen-bond acceptors (Lipinski definition) is 6. The maximum atomic E-state index is 14.2. The summed E-state index contributed by atoms with van der Waals surface area (Å²) in [7, 11) is 0.